The van der Waals surface area contributed by atoms with Gasteiger partial charge in [-0.1, -0.05) is 5.16 Å². The topological polar surface area (TPSA) is 93.1 Å². The fourth-order valence-corrected chi connectivity index (χ4v) is 3.49. The summed E-state index contributed by atoms with van der Waals surface area (Å²) in [5.41, 5.74) is 2.15. The Bertz CT molecular complexity index is 857. The van der Waals surface area contributed by atoms with Crippen LogP contribution in [-0.2, 0) is 7.05 Å². The Labute approximate surface area is 139 Å². The van der Waals surface area contributed by atoms with E-state index in [1.165, 1.54) is 6.33 Å². The first kappa shape index (κ1) is 15.1. The van der Waals surface area contributed by atoms with Gasteiger partial charge in [0, 0.05) is 31.4 Å². The molecule has 1 aliphatic rings. The molecule has 1 N–H and O–H groups in total. The predicted octanol–water partition coefficient (Wildman–Crippen LogP) is 1.75. The van der Waals surface area contributed by atoms with Gasteiger partial charge in [0.1, 0.15) is 17.5 Å². The number of fused-ring (bicyclic) bond motifs is 1. The lowest BCUT2D eigenvalue weighted by Crippen LogP contribution is -2.31. The second-order valence-electron chi connectivity index (χ2n) is 6.33. The van der Waals surface area contributed by atoms with Gasteiger partial charge < -0.3 is 14.5 Å². The molecule has 4 rings (SSSR count). The lowest BCUT2D eigenvalue weighted by molar-refractivity contribution is 0.158. The second kappa shape index (κ2) is 5.86. The van der Waals surface area contributed by atoms with Crippen molar-refractivity contribution in [3.63, 3.8) is 0 Å². The Hall–Kier alpha value is -2.48. The average Bonchev–Trinajstić information content (AvgIpc) is 3.28. The smallest absolute Gasteiger partial charge is 0.263 e. The molecule has 1 saturated heterocycles. The molecule has 0 unspecified atom stereocenters. The van der Waals surface area contributed by atoms with E-state index in [2.05, 4.69) is 25.1 Å². The number of aliphatic hydroxyl groups is 1. The first-order valence-corrected chi connectivity index (χ1v) is 8.13. The van der Waals surface area contributed by atoms with Gasteiger partial charge in [-0.2, -0.15) is 10.1 Å². The van der Waals surface area contributed by atoms with Crippen LogP contribution in [0.5, 0.6) is 0 Å². The van der Waals surface area contributed by atoms with Crippen LogP contribution in [0.25, 0.3) is 11.1 Å². The van der Waals surface area contributed by atoms with E-state index >= 15 is 0 Å². The molecule has 1 aliphatic heterocycles. The highest BCUT2D eigenvalue weighted by Crippen LogP contribution is 2.34. The van der Waals surface area contributed by atoms with Crippen molar-refractivity contribution in [2.24, 2.45) is 7.05 Å². The second-order valence-corrected chi connectivity index (χ2v) is 6.33. The summed E-state index contributed by atoms with van der Waals surface area (Å²) >= 11 is 0. The van der Waals surface area contributed by atoms with Crippen LogP contribution in [0.4, 0.5) is 5.82 Å². The number of aryl methyl sites for hydroxylation is 2. The lowest BCUT2D eigenvalue weighted by atomic mass is 10.0. The van der Waals surface area contributed by atoms with Gasteiger partial charge in [0.05, 0.1) is 18.0 Å². The van der Waals surface area contributed by atoms with Crippen molar-refractivity contribution in [3.8, 4) is 0 Å². The highest BCUT2D eigenvalue weighted by atomic mass is 16.5. The zero-order chi connectivity index (χ0) is 16.7. The summed E-state index contributed by atoms with van der Waals surface area (Å²) in [6.07, 6.45) is 7.28. The zero-order valence-electron chi connectivity index (χ0n) is 13.8. The van der Waals surface area contributed by atoms with Crippen molar-refractivity contribution in [2.75, 3.05) is 11.4 Å². The van der Waals surface area contributed by atoms with E-state index in [1.54, 1.807) is 10.9 Å². The molecule has 4 heterocycles. The van der Waals surface area contributed by atoms with Gasteiger partial charge in [0.15, 0.2) is 0 Å². The number of aromatic nitrogens is 5. The molecule has 0 saturated carbocycles. The summed E-state index contributed by atoms with van der Waals surface area (Å²) in [5.74, 6) is 0.847. The van der Waals surface area contributed by atoms with Gasteiger partial charge in [-0.3, -0.25) is 4.68 Å². The van der Waals surface area contributed by atoms with Gasteiger partial charge in [0.25, 0.3) is 5.71 Å². The molecule has 0 bridgehead atoms. The van der Waals surface area contributed by atoms with Crippen LogP contribution >= 0.6 is 0 Å². The Kier molecular flexibility index (Phi) is 3.68. The maximum Gasteiger partial charge on any atom is 0.263 e. The molecule has 0 aliphatic carbocycles. The van der Waals surface area contributed by atoms with Crippen LogP contribution in [-0.4, -0.2) is 42.6 Å². The van der Waals surface area contributed by atoms with Crippen LogP contribution in [0.1, 0.15) is 36.6 Å². The van der Waals surface area contributed by atoms with E-state index in [-0.39, 0.29) is 6.04 Å². The van der Waals surface area contributed by atoms with E-state index in [0.29, 0.717) is 12.1 Å². The Morgan fingerprint density at radius 1 is 1.42 bits per heavy atom. The zero-order valence-corrected chi connectivity index (χ0v) is 13.8. The number of anilines is 1. The minimum Gasteiger partial charge on any atom is -0.388 e. The molecule has 3 aromatic rings. The SMILES string of the molecule is Cc1noc2ncnc(N3CCC[C@@H]3C[C@H](O)c3cnn(C)c3)c12. The third-order valence-electron chi connectivity index (χ3n) is 4.68. The Morgan fingerprint density at radius 2 is 2.29 bits per heavy atom. The average molecular weight is 328 g/mol. The summed E-state index contributed by atoms with van der Waals surface area (Å²) in [4.78, 5) is 10.9. The summed E-state index contributed by atoms with van der Waals surface area (Å²) in [6.45, 7) is 2.80. The fraction of sp³-hybridized carbons (Fsp3) is 0.500. The maximum atomic E-state index is 10.5. The van der Waals surface area contributed by atoms with E-state index in [0.717, 1.165) is 41.8 Å². The first-order valence-electron chi connectivity index (χ1n) is 8.13. The molecule has 0 amide bonds. The molecule has 24 heavy (non-hydrogen) atoms. The monoisotopic (exact) mass is 328 g/mol. The van der Waals surface area contributed by atoms with E-state index in [1.807, 2.05) is 20.2 Å². The van der Waals surface area contributed by atoms with E-state index < -0.39 is 6.10 Å². The minimum atomic E-state index is -0.537. The molecule has 8 heteroatoms. The van der Waals surface area contributed by atoms with Crippen LogP contribution < -0.4 is 4.90 Å². The molecule has 0 aromatic carbocycles. The van der Waals surface area contributed by atoms with Crippen molar-refractivity contribution in [2.45, 2.75) is 38.3 Å². The van der Waals surface area contributed by atoms with Crippen LogP contribution in [0.2, 0.25) is 0 Å². The van der Waals surface area contributed by atoms with E-state index in [9.17, 15) is 5.11 Å². The molecular formula is C16H20N6O2. The standard InChI is InChI=1S/C16H20N6O2/c1-10-14-15(17-9-18-16(14)24-20-10)22-5-3-4-12(22)6-13(23)11-7-19-21(2)8-11/h7-9,12-13,23H,3-6H2,1-2H3/t12-,13+/m1/s1. The molecule has 8 nitrogen and oxygen atoms in total. The van der Waals surface area contributed by atoms with Crippen molar-refractivity contribution in [1.29, 1.82) is 0 Å². The third kappa shape index (κ3) is 2.52. The molecule has 1 fully saturated rings. The molecular weight excluding hydrogens is 308 g/mol. The van der Waals surface area contributed by atoms with Crippen LogP contribution in [0, 0.1) is 6.92 Å². The van der Waals surface area contributed by atoms with Gasteiger partial charge >= 0.3 is 0 Å². The van der Waals surface area contributed by atoms with Crippen LogP contribution in [0.15, 0.2) is 23.2 Å². The Balaban J connectivity index is 1.61. The third-order valence-corrected chi connectivity index (χ3v) is 4.68. The highest BCUT2D eigenvalue weighted by Gasteiger charge is 2.30. The summed E-state index contributed by atoms with van der Waals surface area (Å²) in [7, 11) is 1.85. The maximum absolute atomic E-state index is 10.5. The quantitative estimate of drug-likeness (QED) is 0.780. The fourth-order valence-electron chi connectivity index (χ4n) is 3.49. The number of aliphatic hydroxyl groups excluding tert-OH is 1. The largest absolute Gasteiger partial charge is 0.388 e. The van der Waals surface area contributed by atoms with Gasteiger partial charge in [-0.25, -0.2) is 4.98 Å². The van der Waals surface area contributed by atoms with Crippen molar-refractivity contribution in [3.05, 3.63) is 30.0 Å². The lowest BCUT2D eigenvalue weighted by Gasteiger charge is -2.27. The summed E-state index contributed by atoms with van der Waals surface area (Å²) in [5, 5.41) is 19.5. The number of hydrogen-bond acceptors (Lipinski definition) is 7. The molecule has 3 aromatic heterocycles. The highest BCUT2D eigenvalue weighted by molar-refractivity contribution is 5.88. The number of nitrogens with zero attached hydrogens (tertiary/aromatic N) is 6. The molecule has 126 valence electrons. The van der Waals surface area contributed by atoms with E-state index in [4.69, 9.17) is 4.52 Å². The van der Waals surface area contributed by atoms with Crippen molar-refractivity contribution in [1.82, 2.24) is 24.9 Å². The first-order chi connectivity index (χ1) is 11.6. The van der Waals surface area contributed by atoms with Gasteiger partial charge in [-0.05, 0) is 26.2 Å². The van der Waals surface area contributed by atoms with Crippen molar-refractivity contribution >= 4 is 16.9 Å². The minimum absolute atomic E-state index is 0.215. The summed E-state index contributed by atoms with van der Waals surface area (Å²) in [6, 6.07) is 0.215. The van der Waals surface area contributed by atoms with Crippen LogP contribution in [0.3, 0.4) is 0 Å². The predicted molar refractivity (Wildman–Crippen MR) is 87.5 cm³/mol. The van der Waals surface area contributed by atoms with Crippen molar-refractivity contribution < 1.29 is 9.63 Å². The normalized spacial score (nSPS) is 19.3. The number of rotatable bonds is 4. The molecule has 0 radical (unpaired) electrons. The summed E-state index contributed by atoms with van der Waals surface area (Å²) < 4.78 is 6.96. The Morgan fingerprint density at radius 3 is 3.08 bits per heavy atom. The van der Waals surface area contributed by atoms with Gasteiger partial charge in [-0.15, -0.1) is 0 Å². The van der Waals surface area contributed by atoms with Gasteiger partial charge in [0.2, 0.25) is 0 Å². The molecule has 0 spiro atoms. The number of hydrogen-bond donors (Lipinski definition) is 1. The molecule has 2 atom stereocenters.